The molecule has 1 fully saturated rings. The smallest absolute Gasteiger partial charge is 0.200 e. The topological polar surface area (TPSA) is 78.4 Å². The number of methoxy groups -OCH3 is 2. The lowest BCUT2D eigenvalue weighted by Crippen LogP contribution is -2.44. The summed E-state index contributed by atoms with van der Waals surface area (Å²) in [5.41, 5.74) is 0.832. The molecule has 9 heteroatoms. The van der Waals surface area contributed by atoms with Gasteiger partial charge in [-0.25, -0.2) is 8.78 Å². The molecule has 162 valence electrons. The summed E-state index contributed by atoms with van der Waals surface area (Å²) in [5, 5.41) is 16.5. The monoisotopic (exact) mass is 420 g/mol. The number of nitrogens with zero attached hydrogens (tertiary/aromatic N) is 2. The SMILES string of the molecule is CN=C(NCc1cc(OC)c(O)c(OC)c1)NC1CCN(c2c(F)cccc2F)C1. The van der Waals surface area contributed by atoms with Gasteiger partial charge in [0.25, 0.3) is 0 Å². The molecule has 0 aliphatic carbocycles. The van der Waals surface area contributed by atoms with Crippen LogP contribution in [-0.4, -0.2) is 51.5 Å². The number of phenols is 1. The van der Waals surface area contributed by atoms with Crippen LogP contribution >= 0.6 is 0 Å². The largest absolute Gasteiger partial charge is 0.502 e. The second kappa shape index (κ2) is 9.51. The zero-order valence-corrected chi connectivity index (χ0v) is 17.2. The highest BCUT2D eigenvalue weighted by Gasteiger charge is 2.27. The molecular formula is C21H26F2N4O3. The highest BCUT2D eigenvalue weighted by atomic mass is 19.1. The van der Waals surface area contributed by atoms with E-state index >= 15 is 0 Å². The summed E-state index contributed by atoms with van der Waals surface area (Å²) in [6, 6.07) is 7.28. The summed E-state index contributed by atoms with van der Waals surface area (Å²) >= 11 is 0. The number of guanidine groups is 1. The first-order valence-corrected chi connectivity index (χ1v) is 9.56. The van der Waals surface area contributed by atoms with Crippen LogP contribution in [0.5, 0.6) is 17.2 Å². The van der Waals surface area contributed by atoms with E-state index in [9.17, 15) is 13.9 Å². The van der Waals surface area contributed by atoms with E-state index in [4.69, 9.17) is 9.47 Å². The summed E-state index contributed by atoms with van der Waals surface area (Å²) in [6.45, 7) is 1.41. The van der Waals surface area contributed by atoms with Gasteiger partial charge in [0.1, 0.15) is 17.3 Å². The second-order valence-electron chi connectivity index (χ2n) is 6.92. The minimum absolute atomic E-state index is 0.00743. The van der Waals surface area contributed by atoms with Crippen LogP contribution in [0.3, 0.4) is 0 Å². The van der Waals surface area contributed by atoms with E-state index in [2.05, 4.69) is 15.6 Å². The molecule has 7 nitrogen and oxygen atoms in total. The minimum Gasteiger partial charge on any atom is -0.502 e. The Morgan fingerprint density at radius 2 is 1.83 bits per heavy atom. The number of ether oxygens (including phenoxy) is 2. The molecule has 0 radical (unpaired) electrons. The molecule has 1 aliphatic heterocycles. The number of phenolic OH excluding ortho intramolecular Hbond substituents is 1. The van der Waals surface area contributed by atoms with Gasteiger partial charge in [-0.2, -0.15) is 0 Å². The predicted octanol–water partition coefficient (Wildman–Crippen LogP) is 2.63. The van der Waals surface area contributed by atoms with Crippen LogP contribution in [0.4, 0.5) is 14.5 Å². The fourth-order valence-electron chi connectivity index (χ4n) is 3.50. The number of benzene rings is 2. The summed E-state index contributed by atoms with van der Waals surface area (Å²) in [4.78, 5) is 5.92. The van der Waals surface area contributed by atoms with Crippen LogP contribution in [0.1, 0.15) is 12.0 Å². The first-order chi connectivity index (χ1) is 14.5. The fraction of sp³-hybridized carbons (Fsp3) is 0.381. The normalized spacial score (nSPS) is 16.5. The predicted molar refractivity (Wildman–Crippen MR) is 112 cm³/mol. The van der Waals surface area contributed by atoms with Gasteiger partial charge in [-0.05, 0) is 36.2 Å². The molecule has 2 aromatic carbocycles. The number of aromatic hydroxyl groups is 1. The Bertz CT molecular complexity index is 878. The lowest BCUT2D eigenvalue weighted by Gasteiger charge is -2.21. The molecule has 3 rings (SSSR count). The summed E-state index contributed by atoms with van der Waals surface area (Å²) in [5.74, 6) is 0.00111. The van der Waals surface area contributed by atoms with E-state index in [1.807, 2.05) is 0 Å². The Morgan fingerprint density at radius 3 is 2.40 bits per heavy atom. The van der Waals surface area contributed by atoms with Crippen molar-refractivity contribution in [3.63, 3.8) is 0 Å². The van der Waals surface area contributed by atoms with Gasteiger partial charge < -0.3 is 30.1 Å². The molecule has 1 aliphatic rings. The Labute approximate surface area is 174 Å². The first-order valence-electron chi connectivity index (χ1n) is 9.56. The molecule has 0 saturated carbocycles. The molecular weight excluding hydrogens is 394 g/mol. The van der Waals surface area contributed by atoms with Crippen molar-refractivity contribution in [1.29, 1.82) is 0 Å². The molecule has 2 aromatic rings. The molecule has 1 saturated heterocycles. The highest BCUT2D eigenvalue weighted by Crippen LogP contribution is 2.37. The summed E-state index contributed by atoms with van der Waals surface area (Å²) in [7, 11) is 4.59. The van der Waals surface area contributed by atoms with E-state index in [1.165, 1.54) is 32.4 Å². The van der Waals surface area contributed by atoms with Crippen molar-refractivity contribution in [1.82, 2.24) is 10.6 Å². The van der Waals surface area contributed by atoms with Crippen LogP contribution < -0.4 is 25.0 Å². The van der Waals surface area contributed by atoms with Gasteiger partial charge in [-0.15, -0.1) is 0 Å². The van der Waals surface area contributed by atoms with Gasteiger partial charge in [-0.1, -0.05) is 6.07 Å². The molecule has 1 unspecified atom stereocenters. The number of hydrogen-bond donors (Lipinski definition) is 3. The molecule has 3 N–H and O–H groups in total. The van der Waals surface area contributed by atoms with Crippen molar-refractivity contribution in [3.8, 4) is 17.2 Å². The number of nitrogens with one attached hydrogen (secondary N) is 2. The Morgan fingerprint density at radius 1 is 1.20 bits per heavy atom. The zero-order valence-electron chi connectivity index (χ0n) is 17.2. The Kier molecular flexibility index (Phi) is 6.81. The van der Waals surface area contributed by atoms with Crippen molar-refractivity contribution in [2.45, 2.75) is 19.0 Å². The van der Waals surface area contributed by atoms with Crippen LogP contribution in [0, 0.1) is 11.6 Å². The molecule has 0 bridgehead atoms. The number of anilines is 1. The first kappa shape index (κ1) is 21.5. The fourth-order valence-corrected chi connectivity index (χ4v) is 3.50. The summed E-state index contributed by atoms with van der Waals surface area (Å²) in [6.07, 6.45) is 0.718. The van der Waals surface area contributed by atoms with Gasteiger partial charge >= 0.3 is 0 Å². The zero-order chi connectivity index (χ0) is 21.7. The number of para-hydroxylation sites is 1. The molecule has 1 atom stereocenters. The maximum absolute atomic E-state index is 14.0. The van der Waals surface area contributed by atoms with Crippen molar-refractivity contribution in [2.24, 2.45) is 4.99 Å². The third-order valence-corrected chi connectivity index (χ3v) is 5.01. The van der Waals surface area contributed by atoms with E-state index in [0.717, 1.165) is 12.0 Å². The van der Waals surface area contributed by atoms with Crippen molar-refractivity contribution < 1.29 is 23.4 Å². The Hall–Kier alpha value is -3.23. The third-order valence-electron chi connectivity index (χ3n) is 5.01. The van der Waals surface area contributed by atoms with Gasteiger partial charge in [0, 0.05) is 32.7 Å². The van der Waals surface area contributed by atoms with Crippen molar-refractivity contribution >= 4 is 11.6 Å². The average molecular weight is 420 g/mol. The Balaban J connectivity index is 1.61. The van der Waals surface area contributed by atoms with E-state index in [1.54, 1.807) is 24.1 Å². The second-order valence-corrected chi connectivity index (χ2v) is 6.92. The lowest BCUT2D eigenvalue weighted by atomic mass is 10.2. The maximum Gasteiger partial charge on any atom is 0.200 e. The standard InChI is InChI=1S/C21H26F2N4O3/c1-24-21(25-11-13-9-17(29-2)20(28)18(10-13)30-3)26-14-7-8-27(12-14)19-15(22)5-4-6-16(19)23/h4-6,9-10,14,28H,7-8,11-12H2,1-3H3,(H2,24,25,26). The molecule has 0 aromatic heterocycles. The lowest BCUT2D eigenvalue weighted by molar-refractivity contribution is 0.339. The van der Waals surface area contributed by atoms with E-state index in [-0.39, 0.29) is 17.5 Å². The van der Waals surface area contributed by atoms with Crippen LogP contribution in [-0.2, 0) is 6.54 Å². The molecule has 0 amide bonds. The number of aliphatic imine (C=N–C) groups is 1. The summed E-state index contributed by atoms with van der Waals surface area (Å²) < 4.78 is 38.4. The highest BCUT2D eigenvalue weighted by molar-refractivity contribution is 5.80. The van der Waals surface area contributed by atoms with Gasteiger partial charge in [-0.3, -0.25) is 4.99 Å². The van der Waals surface area contributed by atoms with Gasteiger partial charge in [0.05, 0.1) is 14.2 Å². The van der Waals surface area contributed by atoms with Crippen LogP contribution in [0.25, 0.3) is 0 Å². The van der Waals surface area contributed by atoms with Crippen molar-refractivity contribution in [2.75, 3.05) is 39.3 Å². The van der Waals surface area contributed by atoms with E-state index < -0.39 is 11.6 Å². The van der Waals surface area contributed by atoms with Crippen molar-refractivity contribution in [3.05, 3.63) is 47.5 Å². The minimum atomic E-state index is -0.562. The number of halogens is 2. The molecule has 0 spiro atoms. The third kappa shape index (κ3) is 4.67. The van der Waals surface area contributed by atoms with Gasteiger partial charge in [0.2, 0.25) is 5.75 Å². The maximum atomic E-state index is 14.0. The number of rotatable bonds is 6. The number of hydrogen-bond acceptors (Lipinski definition) is 5. The average Bonchev–Trinajstić information content (AvgIpc) is 3.19. The van der Waals surface area contributed by atoms with Crippen LogP contribution in [0.15, 0.2) is 35.3 Å². The quantitative estimate of drug-likeness (QED) is 0.493. The van der Waals surface area contributed by atoms with Gasteiger partial charge in [0.15, 0.2) is 17.5 Å². The molecule has 1 heterocycles. The van der Waals surface area contributed by atoms with Crippen LogP contribution in [0.2, 0.25) is 0 Å². The molecule has 30 heavy (non-hydrogen) atoms. The van der Waals surface area contributed by atoms with E-state index in [0.29, 0.717) is 37.1 Å².